The first-order valence-corrected chi connectivity index (χ1v) is 37.0. The first-order valence-electron chi connectivity index (χ1n) is 37.0. The Morgan fingerprint density at radius 3 is 1.18 bits per heavy atom. The van der Waals surface area contributed by atoms with Crippen LogP contribution in [-0.2, 0) is 0 Å². The predicted molar refractivity (Wildman–Crippen MR) is 442 cm³/mol. The third-order valence-corrected chi connectivity index (χ3v) is 21.2. The van der Waals surface area contributed by atoms with Crippen LogP contribution in [-0.4, -0.2) is 39.0 Å². The van der Waals surface area contributed by atoms with E-state index >= 15 is 17.6 Å². The summed E-state index contributed by atoms with van der Waals surface area (Å²) in [6, 6.07) is 102. The number of aryl methyl sites for hydroxylation is 2. The summed E-state index contributed by atoms with van der Waals surface area (Å²) < 4.78 is 65.6. The summed E-state index contributed by atoms with van der Waals surface area (Å²) in [5.74, 6) is -0.0866. The lowest BCUT2D eigenvalue weighted by atomic mass is 9.82. The van der Waals surface area contributed by atoms with Crippen LogP contribution in [0.1, 0.15) is 42.0 Å². The van der Waals surface area contributed by atoms with E-state index in [-0.39, 0.29) is 0 Å². The highest BCUT2D eigenvalue weighted by molar-refractivity contribution is 6.14. The fraction of sp³-hybridized carbons (Fsp3) is 0.0505. The maximum atomic E-state index is 15.3. The molecule has 4 heterocycles. The fourth-order valence-corrected chi connectivity index (χ4v) is 16.1. The predicted octanol–water partition coefficient (Wildman–Crippen LogP) is 25.7. The van der Waals surface area contributed by atoms with Crippen LogP contribution in [0.5, 0.6) is 0 Å². The van der Waals surface area contributed by atoms with Crippen molar-refractivity contribution in [1.29, 1.82) is 0 Å². The average Bonchev–Trinajstić information content (AvgIpc) is 1.59. The van der Waals surface area contributed by atoms with Crippen LogP contribution in [0.4, 0.5) is 17.6 Å². The lowest BCUT2D eigenvalue weighted by Crippen LogP contribution is -2.04. The van der Waals surface area contributed by atoms with E-state index in [9.17, 15) is 0 Å². The van der Waals surface area contributed by atoms with Crippen molar-refractivity contribution in [2.24, 2.45) is 0 Å². The number of fused-ring (bicyclic) bond motifs is 6. The molecule has 0 saturated carbocycles. The number of halogens is 4. The molecule has 18 aromatic rings. The maximum absolute atomic E-state index is 15.3. The zero-order valence-corrected chi connectivity index (χ0v) is 60.6. The summed E-state index contributed by atoms with van der Waals surface area (Å²) in [5.41, 5.74) is 23.9. The minimum atomic E-state index is -0.686. The van der Waals surface area contributed by atoms with Gasteiger partial charge in [0.25, 0.3) is 0 Å². The second-order valence-electron chi connectivity index (χ2n) is 28.4. The SMILES string of the molecule is CC1=CCCC(c2cc(C)cc(-c3ccc4c5ccccc5n(-c5ccc(-c6cc(F)cc(F)c6)cc5-c5nc(-c6ccccc6)nc(-c6ccccc6)n5)c4c3)c2)=C1c1ccc2c(c1)c1cc(-c3ccccc3C)ccc1n2-c1ccc(-c2cc(F)cc(F)c2)cc1-c1nc(-c2ccccc2)nc(-c2ccccc2)n1. The van der Waals surface area contributed by atoms with Crippen LogP contribution in [0.25, 0.3) is 179 Å². The summed E-state index contributed by atoms with van der Waals surface area (Å²) in [4.78, 5) is 31.2. The van der Waals surface area contributed by atoms with Crippen LogP contribution >= 0.6 is 0 Å². The van der Waals surface area contributed by atoms with Gasteiger partial charge >= 0.3 is 0 Å². The Bertz CT molecular complexity index is 6690. The summed E-state index contributed by atoms with van der Waals surface area (Å²) in [5, 5.41) is 4.12. The molecule has 0 amide bonds. The molecule has 1 aliphatic rings. The molecule has 0 fully saturated rings. The lowest BCUT2D eigenvalue weighted by Gasteiger charge is -2.22. The van der Waals surface area contributed by atoms with Crippen molar-refractivity contribution in [2.75, 3.05) is 0 Å². The molecule has 530 valence electrons. The van der Waals surface area contributed by atoms with Crippen molar-refractivity contribution in [3.05, 3.63) is 373 Å². The smallest absolute Gasteiger partial charge is 0.166 e. The molecule has 0 aliphatic heterocycles. The van der Waals surface area contributed by atoms with E-state index < -0.39 is 23.3 Å². The highest BCUT2D eigenvalue weighted by Gasteiger charge is 2.27. The van der Waals surface area contributed by atoms with Gasteiger partial charge in [0.2, 0.25) is 0 Å². The van der Waals surface area contributed by atoms with E-state index in [4.69, 9.17) is 29.9 Å². The third-order valence-electron chi connectivity index (χ3n) is 21.2. The normalized spacial score (nSPS) is 12.4. The topological polar surface area (TPSA) is 87.2 Å². The van der Waals surface area contributed by atoms with Gasteiger partial charge < -0.3 is 9.13 Å². The number of para-hydroxylation sites is 1. The van der Waals surface area contributed by atoms with Crippen molar-refractivity contribution in [1.82, 2.24) is 39.0 Å². The highest BCUT2D eigenvalue weighted by Crippen LogP contribution is 2.47. The Kier molecular flexibility index (Phi) is 17.0. The van der Waals surface area contributed by atoms with Crippen molar-refractivity contribution in [3.63, 3.8) is 0 Å². The molecule has 0 saturated heterocycles. The zero-order valence-electron chi connectivity index (χ0n) is 60.6. The summed E-state index contributed by atoms with van der Waals surface area (Å²) in [7, 11) is 0. The number of nitrogens with zero attached hydrogens (tertiary/aromatic N) is 8. The maximum Gasteiger partial charge on any atom is 0.166 e. The minimum Gasteiger partial charge on any atom is -0.308 e. The molecule has 0 N–H and O–H groups in total. The summed E-state index contributed by atoms with van der Waals surface area (Å²) >= 11 is 0. The van der Waals surface area contributed by atoms with Gasteiger partial charge in [-0.15, -0.1) is 0 Å². The van der Waals surface area contributed by atoms with Gasteiger partial charge in [-0.3, -0.25) is 0 Å². The van der Waals surface area contributed by atoms with Crippen LogP contribution < -0.4 is 0 Å². The molecule has 0 radical (unpaired) electrons. The van der Waals surface area contributed by atoms with Gasteiger partial charge in [-0.25, -0.2) is 47.5 Å². The van der Waals surface area contributed by atoms with E-state index in [1.54, 1.807) is 0 Å². The molecule has 1 aliphatic carbocycles. The Morgan fingerprint density at radius 1 is 0.261 bits per heavy atom. The molecular formula is C99H66F4N8. The molecule has 0 unspecified atom stereocenters. The Balaban J connectivity index is 0.787. The summed E-state index contributed by atoms with van der Waals surface area (Å²) in [6.45, 7) is 6.53. The molecule has 0 bridgehead atoms. The van der Waals surface area contributed by atoms with Gasteiger partial charge in [0.1, 0.15) is 23.3 Å². The van der Waals surface area contributed by atoms with E-state index in [1.807, 2.05) is 164 Å². The van der Waals surface area contributed by atoms with Crippen LogP contribution in [0, 0.1) is 37.1 Å². The second kappa shape index (κ2) is 27.9. The first kappa shape index (κ1) is 67.5. The van der Waals surface area contributed by atoms with Gasteiger partial charge in [-0.2, -0.15) is 0 Å². The lowest BCUT2D eigenvalue weighted by molar-refractivity contribution is 0.583. The highest BCUT2D eigenvalue weighted by atomic mass is 19.1. The van der Waals surface area contributed by atoms with Gasteiger partial charge in [-0.05, 0) is 208 Å². The molecule has 4 aromatic heterocycles. The van der Waals surface area contributed by atoms with E-state index in [0.717, 1.165) is 152 Å². The van der Waals surface area contributed by atoms with Gasteiger partial charge in [-0.1, -0.05) is 218 Å². The third kappa shape index (κ3) is 12.6. The van der Waals surface area contributed by atoms with Crippen LogP contribution in [0.2, 0.25) is 0 Å². The van der Waals surface area contributed by atoms with Crippen LogP contribution in [0.3, 0.4) is 0 Å². The number of benzene rings is 14. The molecule has 0 atom stereocenters. The van der Waals surface area contributed by atoms with Gasteiger partial charge in [0.05, 0.1) is 33.4 Å². The minimum absolute atomic E-state index is 0.368. The van der Waals surface area contributed by atoms with E-state index in [0.29, 0.717) is 68.3 Å². The Hall–Kier alpha value is -14.1. The Morgan fingerprint density at radius 2 is 0.658 bits per heavy atom. The van der Waals surface area contributed by atoms with Gasteiger partial charge in [0, 0.05) is 67.1 Å². The molecule has 111 heavy (non-hydrogen) atoms. The van der Waals surface area contributed by atoms with E-state index in [2.05, 4.69) is 151 Å². The quantitative estimate of drug-likeness (QED) is 0.101. The number of hydrogen-bond acceptors (Lipinski definition) is 6. The number of rotatable bonds is 14. The zero-order chi connectivity index (χ0) is 75.0. The number of aromatic nitrogens is 8. The molecule has 14 aromatic carbocycles. The standard InChI is InChI=1S/C99H66F4N8/c1-59-45-71(68-35-40-82-81-32-18-19-34-87(81)111(92(82)56-68)91-42-37-67(73-50-77(102)58-78(103)51-73)53-86(91)99-108-96(64-27-12-6-13-28-64)105-97(109-99)65-29-14-7-15-30-65)47-74(46-59)80-33-20-22-61(3)93(80)70-39-44-89-84(55-70)83-54-69(79-31-17-16-21-60(79)2)38-43-88(83)110(89)90-41-36-66(72-48-75(100)57-76(101)49-72)52-85(90)98-106-94(62-23-8-4-9-24-62)104-95(107-98)63-25-10-5-11-26-63/h4-19,21-32,34-58H,20,33H2,1-3H3. The molecule has 8 nitrogen and oxygen atoms in total. The average molecular weight is 1440 g/mol. The number of hydrogen-bond donors (Lipinski definition) is 0. The summed E-state index contributed by atoms with van der Waals surface area (Å²) in [6.07, 6.45) is 4.00. The van der Waals surface area contributed by atoms with Crippen molar-refractivity contribution >= 4 is 54.8 Å². The Labute approximate surface area is 638 Å². The molecular weight excluding hydrogens is 1380 g/mol. The van der Waals surface area contributed by atoms with E-state index in [1.165, 1.54) is 35.4 Å². The molecule has 19 rings (SSSR count). The van der Waals surface area contributed by atoms with Crippen molar-refractivity contribution in [3.8, 4) is 124 Å². The van der Waals surface area contributed by atoms with Gasteiger partial charge in [0.15, 0.2) is 34.9 Å². The van der Waals surface area contributed by atoms with Crippen molar-refractivity contribution in [2.45, 2.75) is 33.6 Å². The monoisotopic (exact) mass is 1440 g/mol. The first-order chi connectivity index (χ1) is 54.3. The fourth-order valence-electron chi connectivity index (χ4n) is 16.1. The van der Waals surface area contributed by atoms with Crippen LogP contribution in [0.15, 0.2) is 327 Å². The largest absolute Gasteiger partial charge is 0.308 e. The van der Waals surface area contributed by atoms with Crippen molar-refractivity contribution < 1.29 is 17.6 Å². The second-order valence-corrected chi connectivity index (χ2v) is 28.4. The molecule has 12 heteroatoms. The molecule has 0 spiro atoms. The number of allylic oxidation sites excluding steroid dienone is 4.